The van der Waals surface area contributed by atoms with Crippen molar-refractivity contribution in [3.8, 4) is 5.75 Å². The van der Waals surface area contributed by atoms with Crippen molar-refractivity contribution >= 4 is 31.6 Å². The van der Waals surface area contributed by atoms with Crippen LogP contribution in [0.25, 0.3) is 0 Å². The molecule has 1 atom stereocenters. The van der Waals surface area contributed by atoms with Crippen LogP contribution in [-0.2, 0) is 16.6 Å². The van der Waals surface area contributed by atoms with E-state index in [1.165, 1.54) is 23.5 Å². The average molecular weight is 571 g/mol. The highest BCUT2D eigenvalue weighted by Crippen LogP contribution is 2.35. The predicted octanol–water partition coefficient (Wildman–Crippen LogP) is 6.45. The molecule has 0 radical (unpaired) electrons. The van der Waals surface area contributed by atoms with Crippen molar-refractivity contribution in [1.29, 1.82) is 0 Å². The van der Waals surface area contributed by atoms with Crippen LogP contribution >= 0.6 is 15.9 Å². The monoisotopic (exact) mass is 570 g/mol. The lowest BCUT2D eigenvalue weighted by atomic mass is 10.00. The van der Waals surface area contributed by atoms with E-state index in [0.29, 0.717) is 27.1 Å². The number of anilines is 1. The third-order valence-electron chi connectivity index (χ3n) is 5.67. The van der Waals surface area contributed by atoms with Crippen LogP contribution < -0.4 is 10.1 Å². The summed E-state index contributed by atoms with van der Waals surface area (Å²) in [6.45, 7) is 5.71. The normalized spacial score (nSPS) is 17.0. The second kappa shape index (κ2) is 10.6. The summed E-state index contributed by atoms with van der Waals surface area (Å²) < 4.78 is 72.7. The first-order valence-electron chi connectivity index (χ1n) is 10.6. The third-order valence-corrected chi connectivity index (χ3v) is 8.13. The number of benzene rings is 2. The minimum absolute atomic E-state index is 0.0700. The number of alkyl halides is 3. The Labute approximate surface area is 212 Å². The fraction of sp³-hybridized carbons (Fsp3) is 0.280. The van der Waals surface area contributed by atoms with Gasteiger partial charge in [0.15, 0.2) is 0 Å². The molecule has 1 N–H and O–H groups in total. The summed E-state index contributed by atoms with van der Waals surface area (Å²) in [5, 5.41) is 3.18. The van der Waals surface area contributed by atoms with E-state index in [1.807, 2.05) is 0 Å². The summed E-state index contributed by atoms with van der Waals surface area (Å²) in [6.07, 6.45) is -2.14. The van der Waals surface area contributed by atoms with Crippen LogP contribution in [0.2, 0.25) is 0 Å². The van der Waals surface area contributed by atoms with Crippen molar-refractivity contribution in [2.45, 2.75) is 37.0 Å². The van der Waals surface area contributed by atoms with Crippen LogP contribution in [-0.4, -0.2) is 39.1 Å². The number of ether oxygens (including phenoxy) is 1. The zero-order chi connectivity index (χ0) is 26.0. The standard InChI is InChI=1S/C25H26BrF3N2O3S/c1-16-5-8-19(25(27,28)29)13-17(2)24(16)30-23-12-11-21(14-22(23)26)35(32,33)31(3)15-18-6-9-20(34-4)10-7-18/h6-14,24,30H,1,5,15H2,2-4H3. The number of nitrogens with zero attached hydrogens (tertiary/aromatic N) is 1. The topological polar surface area (TPSA) is 58.6 Å². The molecule has 10 heteroatoms. The molecule has 0 bridgehead atoms. The highest BCUT2D eigenvalue weighted by atomic mass is 79.9. The van der Waals surface area contributed by atoms with Crippen LogP contribution in [0.5, 0.6) is 5.75 Å². The lowest BCUT2D eigenvalue weighted by molar-refractivity contribution is -0.0884. The van der Waals surface area contributed by atoms with Crippen LogP contribution in [0, 0.1) is 0 Å². The Morgan fingerprint density at radius 1 is 1.20 bits per heavy atom. The van der Waals surface area contributed by atoms with Crippen molar-refractivity contribution in [2.24, 2.45) is 0 Å². The van der Waals surface area contributed by atoms with Gasteiger partial charge in [-0.25, -0.2) is 8.42 Å². The average Bonchev–Trinajstić information content (AvgIpc) is 2.93. The molecule has 3 rings (SSSR count). The van der Waals surface area contributed by atoms with Crippen molar-refractivity contribution in [3.05, 3.63) is 88.0 Å². The number of hydrogen-bond acceptors (Lipinski definition) is 4. The van der Waals surface area contributed by atoms with Crippen molar-refractivity contribution in [1.82, 2.24) is 4.31 Å². The Bertz CT molecular complexity index is 1270. The molecule has 188 valence electrons. The minimum Gasteiger partial charge on any atom is -0.497 e. The maximum absolute atomic E-state index is 13.2. The van der Waals surface area contributed by atoms with Crippen molar-refractivity contribution in [2.75, 3.05) is 19.5 Å². The van der Waals surface area contributed by atoms with Crippen LogP contribution in [0.3, 0.4) is 0 Å². The van der Waals surface area contributed by atoms with Gasteiger partial charge in [0.1, 0.15) is 5.75 Å². The van der Waals surface area contributed by atoms with Gasteiger partial charge in [0.25, 0.3) is 0 Å². The Hall–Kier alpha value is -2.56. The van der Waals surface area contributed by atoms with Gasteiger partial charge in [-0.05, 0) is 82.4 Å². The Morgan fingerprint density at radius 2 is 1.86 bits per heavy atom. The van der Waals surface area contributed by atoms with Gasteiger partial charge >= 0.3 is 6.18 Å². The number of methoxy groups -OCH3 is 1. The summed E-state index contributed by atoms with van der Waals surface area (Å²) in [5.41, 5.74) is 1.66. The maximum atomic E-state index is 13.2. The van der Waals surface area contributed by atoms with E-state index in [1.54, 1.807) is 44.4 Å². The van der Waals surface area contributed by atoms with E-state index in [2.05, 4.69) is 27.8 Å². The van der Waals surface area contributed by atoms with Gasteiger partial charge < -0.3 is 10.1 Å². The van der Waals surface area contributed by atoms with Crippen molar-refractivity contribution < 1.29 is 26.3 Å². The minimum atomic E-state index is -4.44. The molecule has 0 amide bonds. The first kappa shape index (κ1) is 27.0. The smallest absolute Gasteiger partial charge is 0.416 e. The van der Waals surface area contributed by atoms with Gasteiger partial charge in [0.2, 0.25) is 10.0 Å². The highest BCUT2D eigenvalue weighted by Gasteiger charge is 2.34. The van der Waals surface area contributed by atoms with Crippen LogP contribution in [0.1, 0.15) is 18.9 Å². The van der Waals surface area contributed by atoms with Crippen molar-refractivity contribution in [3.63, 3.8) is 0 Å². The number of nitrogens with one attached hydrogen (secondary N) is 1. The molecular weight excluding hydrogens is 545 g/mol. The molecule has 0 heterocycles. The molecule has 0 fully saturated rings. The molecule has 2 aromatic carbocycles. The lowest BCUT2D eigenvalue weighted by Crippen LogP contribution is -2.27. The Kier molecular flexibility index (Phi) is 8.18. The molecule has 1 aliphatic carbocycles. The van der Waals surface area contributed by atoms with E-state index in [-0.39, 0.29) is 17.9 Å². The first-order chi connectivity index (χ1) is 16.3. The largest absolute Gasteiger partial charge is 0.497 e. The summed E-state index contributed by atoms with van der Waals surface area (Å²) in [6, 6.07) is 11.1. The molecule has 0 aliphatic heterocycles. The SMILES string of the molecule is C=C1CC=C(C(F)(F)F)C=C(C)C1Nc1ccc(S(=O)(=O)N(C)Cc2ccc(OC)cc2)cc1Br. The summed E-state index contributed by atoms with van der Waals surface area (Å²) in [7, 11) is -0.742. The number of hydrogen-bond donors (Lipinski definition) is 1. The first-order valence-corrected chi connectivity index (χ1v) is 12.8. The maximum Gasteiger partial charge on any atom is 0.416 e. The van der Waals surface area contributed by atoms with E-state index in [4.69, 9.17) is 4.74 Å². The number of rotatable bonds is 7. The second-order valence-corrected chi connectivity index (χ2v) is 11.1. The second-order valence-electron chi connectivity index (χ2n) is 8.24. The summed E-state index contributed by atoms with van der Waals surface area (Å²) in [4.78, 5) is 0.0823. The molecule has 35 heavy (non-hydrogen) atoms. The molecule has 1 aliphatic rings. The molecule has 2 aromatic rings. The van der Waals surface area contributed by atoms with Gasteiger partial charge in [-0.15, -0.1) is 0 Å². The zero-order valence-corrected chi connectivity index (χ0v) is 21.9. The number of allylic oxidation sites excluding steroid dienone is 3. The van der Waals surface area contributed by atoms with Gasteiger partial charge in [-0.1, -0.05) is 24.8 Å². The molecular formula is C25H26BrF3N2O3S. The predicted molar refractivity (Wildman–Crippen MR) is 135 cm³/mol. The summed E-state index contributed by atoms with van der Waals surface area (Å²) in [5.74, 6) is 0.679. The molecule has 0 spiro atoms. The van der Waals surface area contributed by atoms with Crippen LogP contribution in [0.4, 0.5) is 18.9 Å². The van der Waals surface area contributed by atoms with Crippen LogP contribution in [0.15, 0.2) is 87.3 Å². The van der Waals surface area contributed by atoms with Gasteiger partial charge in [-0.2, -0.15) is 17.5 Å². The fourth-order valence-electron chi connectivity index (χ4n) is 3.66. The quantitative estimate of drug-likeness (QED) is 0.388. The molecule has 0 saturated carbocycles. The molecule has 0 aromatic heterocycles. The van der Waals surface area contributed by atoms with Gasteiger partial charge in [-0.3, -0.25) is 0 Å². The van der Waals surface area contributed by atoms with E-state index < -0.39 is 27.8 Å². The highest BCUT2D eigenvalue weighted by molar-refractivity contribution is 9.10. The molecule has 0 saturated heterocycles. The lowest BCUT2D eigenvalue weighted by Gasteiger charge is -2.23. The molecule has 1 unspecified atom stereocenters. The Morgan fingerprint density at radius 3 is 2.43 bits per heavy atom. The Balaban J connectivity index is 1.79. The van der Waals surface area contributed by atoms with Gasteiger partial charge in [0.05, 0.1) is 23.6 Å². The summed E-state index contributed by atoms with van der Waals surface area (Å²) >= 11 is 3.40. The number of sulfonamides is 1. The van der Waals surface area contributed by atoms with Gasteiger partial charge in [0, 0.05) is 23.8 Å². The number of halogens is 4. The van der Waals surface area contributed by atoms with E-state index in [0.717, 1.165) is 17.7 Å². The zero-order valence-electron chi connectivity index (χ0n) is 19.5. The third kappa shape index (κ3) is 6.36. The fourth-order valence-corrected chi connectivity index (χ4v) is 5.49. The van der Waals surface area contributed by atoms with E-state index in [9.17, 15) is 21.6 Å². The van der Waals surface area contributed by atoms with E-state index >= 15 is 0 Å². The molecule has 5 nitrogen and oxygen atoms in total.